The van der Waals surface area contributed by atoms with Crippen LogP contribution < -0.4 is 15.1 Å². The molecule has 0 aliphatic carbocycles. The first-order valence-electron chi connectivity index (χ1n) is 7.34. The fourth-order valence-corrected chi connectivity index (χ4v) is 1.86. The van der Waals surface area contributed by atoms with Crippen LogP contribution in [-0.2, 0) is 0 Å². The minimum atomic E-state index is -0.592. The normalized spacial score (nSPS) is 10.2. The van der Waals surface area contributed by atoms with Gasteiger partial charge in [0, 0.05) is 12.3 Å². The number of carbonyl (C=O) groups is 1. The van der Waals surface area contributed by atoms with E-state index in [1.165, 1.54) is 12.3 Å². The maximum Gasteiger partial charge on any atom is 0.363 e. The van der Waals surface area contributed by atoms with Crippen LogP contribution in [-0.4, -0.2) is 17.3 Å². The predicted molar refractivity (Wildman–Crippen MR) is 83.1 cm³/mol. The number of unbranched alkanes of at least 4 members (excludes halogenated alkanes) is 2. The molecule has 5 heteroatoms. The van der Waals surface area contributed by atoms with E-state index in [1.54, 1.807) is 36.4 Å². The van der Waals surface area contributed by atoms with Crippen LogP contribution in [0.4, 0.5) is 0 Å². The first-order chi connectivity index (χ1) is 10.7. The van der Waals surface area contributed by atoms with E-state index >= 15 is 0 Å². The molecule has 0 saturated carbocycles. The Morgan fingerprint density at radius 2 is 1.86 bits per heavy atom. The van der Waals surface area contributed by atoms with E-state index in [0.717, 1.165) is 24.0 Å². The standard InChI is InChI=1S/C17H19NO4/c1-2-3-6-13-21-15-10-8-14(9-11-15)17(20)22-18-12-5-4-7-16(18)19/h4-5,7-12H,2-3,6,13H2,1H3. The summed E-state index contributed by atoms with van der Waals surface area (Å²) in [6.45, 7) is 2.80. The van der Waals surface area contributed by atoms with Crippen molar-refractivity contribution in [3.05, 3.63) is 64.6 Å². The summed E-state index contributed by atoms with van der Waals surface area (Å²) in [5, 5.41) is 0. The molecule has 1 aromatic carbocycles. The van der Waals surface area contributed by atoms with Gasteiger partial charge in [-0.2, -0.15) is 0 Å². The molecule has 1 aromatic heterocycles. The molecule has 0 N–H and O–H groups in total. The molecule has 0 saturated heterocycles. The fourth-order valence-electron chi connectivity index (χ4n) is 1.86. The van der Waals surface area contributed by atoms with Crippen molar-refractivity contribution in [3.8, 4) is 5.75 Å². The Labute approximate surface area is 129 Å². The van der Waals surface area contributed by atoms with Crippen LogP contribution in [0.5, 0.6) is 5.75 Å². The molecule has 0 radical (unpaired) electrons. The van der Waals surface area contributed by atoms with Gasteiger partial charge >= 0.3 is 5.97 Å². The van der Waals surface area contributed by atoms with E-state index in [4.69, 9.17) is 9.57 Å². The summed E-state index contributed by atoms with van der Waals surface area (Å²) in [4.78, 5) is 28.4. The fraction of sp³-hybridized carbons (Fsp3) is 0.294. The van der Waals surface area contributed by atoms with Crippen LogP contribution in [0.15, 0.2) is 53.5 Å². The van der Waals surface area contributed by atoms with Gasteiger partial charge in [0.2, 0.25) is 0 Å². The number of benzene rings is 1. The lowest BCUT2D eigenvalue weighted by Gasteiger charge is -2.07. The highest BCUT2D eigenvalue weighted by atomic mass is 16.7. The van der Waals surface area contributed by atoms with Crippen LogP contribution in [0.1, 0.15) is 36.5 Å². The van der Waals surface area contributed by atoms with Crippen molar-refractivity contribution < 1.29 is 14.4 Å². The molecular weight excluding hydrogens is 282 g/mol. The van der Waals surface area contributed by atoms with Gasteiger partial charge in [0.05, 0.1) is 12.2 Å². The summed E-state index contributed by atoms with van der Waals surface area (Å²) in [7, 11) is 0. The molecule has 0 aliphatic rings. The Morgan fingerprint density at radius 1 is 1.09 bits per heavy atom. The smallest absolute Gasteiger partial charge is 0.363 e. The molecule has 2 aromatic rings. The molecule has 2 rings (SSSR count). The quantitative estimate of drug-likeness (QED) is 0.738. The molecule has 0 amide bonds. The number of ether oxygens (including phenoxy) is 1. The second-order valence-corrected chi connectivity index (χ2v) is 4.82. The average Bonchev–Trinajstić information content (AvgIpc) is 2.54. The summed E-state index contributed by atoms with van der Waals surface area (Å²) in [6, 6.07) is 11.2. The van der Waals surface area contributed by atoms with Crippen LogP contribution in [0.3, 0.4) is 0 Å². The Balaban J connectivity index is 1.94. The zero-order valence-electron chi connectivity index (χ0n) is 12.5. The van der Waals surface area contributed by atoms with E-state index in [-0.39, 0.29) is 0 Å². The van der Waals surface area contributed by atoms with Crippen molar-refractivity contribution in [2.24, 2.45) is 0 Å². The monoisotopic (exact) mass is 301 g/mol. The molecule has 22 heavy (non-hydrogen) atoms. The van der Waals surface area contributed by atoms with E-state index < -0.39 is 11.5 Å². The Hall–Kier alpha value is -2.56. The molecule has 0 fully saturated rings. The highest BCUT2D eigenvalue weighted by Crippen LogP contribution is 2.13. The molecule has 0 atom stereocenters. The SMILES string of the molecule is CCCCCOc1ccc(C(=O)On2ccccc2=O)cc1. The van der Waals surface area contributed by atoms with E-state index in [1.807, 2.05) is 0 Å². The van der Waals surface area contributed by atoms with Gasteiger partial charge in [-0.1, -0.05) is 25.8 Å². The number of rotatable bonds is 7. The Bertz CT molecular complexity index is 661. The van der Waals surface area contributed by atoms with Crippen molar-refractivity contribution >= 4 is 5.97 Å². The third kappa shape index (κ3) is 4.48. The van der Waals surface area contributed by atoms with Gasteiger partial charge in [-0.05, 0) is 36.8 Å². The van der Waals surface area contributed by atoms with Gasteiger partial charge in [0.25, 0.3) is 5.56 Å². The zero-order valence-corrected chi connectivity index (χ0v) is 12.5. The van der Waals surface area contributed by atoms with Crippen LogP contribution in [0, 0.1) is 0 Å². The number of hydrogen-bond acceptors (Lipinski definition) is 4. The minimum Gasteiger partial charge on any atom is -0.494 e. The third-order valence-electron chi connectivity index (χ3n) is 3.08. The lowest BCUT2D eigenvalue weighted by atomic mass is 10.2. The van der Waals surface area contributed by atoms with Crippen molar-refractivity contribution in [1.82, 2.24) is 4.73 Å². The highest BCUT2D eigenvalue weighted by molar-refractivity contribution is 5.89. The molecule has 0 spiro atoms. The average molecular weight is 301 g/mol. The van der Waals surface area contributed by atoms with Crippen molar-refractivity contribution in [2.45, 2.75) is 26.2 Å². The van der Waals surface area contributed by atoms with Gasteiger partial charge in [-0.25, -0.2) is 4.79 Å². The summed E-state index contributed by atoms with van der Waals surface area (Å²) < 4.78 is 6.47. The van der Waals surface area contributed by atoms with Gasteiger partial charge in [-0.3, -0.25) is 4.79 Å². The summed E-state index contributed by atoms with van der Waals surface area (Å²) in [5.74, 6) is 0.121. The summed E-state index contributed by atoms with van der Waals surface area (Å²) in [5.41, 5.74) is -0.0385. The Morgan fingerprint density at radius 3 is 2.55 bits per heavy atom. The van der Waals surface area contributed by atoms with Gasteiger partial charge in [0.15, 0.2) is 0 Å². The van der Waals surface area contributed by atoms with Gasteiger partial charge in [0.1, 0.15) is 5.75 Å². The van der Waals surface area contributed by atoms with Crippen molar-refractivity contribution in [2.75, 3.05) is 6.61 Å². The maximum absolute atomic E-state index is 12.0. The number of pyridine rings is 1. The number of carbonyl (C=O) groups excluding carboxylic acids is 1. The van der Waals surface area contributed by atoms with Crippen molar-refractivity contribution in [1.29, 1.82) is 0 Å². The van der Waals surface area contributed by atoms with Crippen molar-refractivity contribution in [3.63, 3.8) is 0 Å². The molecule has 1 heterocycles. The zero-order chi connectivity index (χ0) is 15.8. The molecule has 0 aliphatic heterocycles. The predicted octanol–water partition coefficient (Wildman–Crippen LogP) is 2.69. The number of hydrogen-bond donors (Lipinski definition) is 0. The van der Waals surface area contributed by atoms with Gasteiger partial charge < -0.3 is 9.57 Å². The summed E-state index contributed by atoms with van der Waals surface area (Å²) in [6.07, 6.45) is 4.69. The Kier molecular flexibility index (Phi) is 5.77. The van der Waals surface area contributed by atoms with Gasteiger partial charge in [-0.15, -0.1) is 4.73 Å². The second kappa shape index (κ2) is 8.02. The van der Waals surface area contributed by atoms with Crippen LogP contribution in [0.2, 0.25) is 0 Å². The minimum absolute atomic E-state index is 0.358. The topological polar surface area (TPSA) is 57.5 Å². The van der Waals surface area contributed by atoms with E-state index in [9.17, 15) is 9.59 Å². The molecule has 0 unspecified atom stereocenters. The molecule has 116 valence electrons. The third-order valence-corrected chi connectivity index (χ3v) is 3.08. The van der Waals surface area contributed by atoms with E-state index in [2.05, 4.69) is 6.92 Å². The first-order valence-corrected chi connectivity index (χ1v) is 7.34. The lowest BCUT2D eigenvalue weighted by Crippen LogP contribution is -2.29. The highest BCUT2D eigenvalue weighted by Gasteiger charge is 2.09. The molecule has 0 bridgehead atoms. The lowest BCUT2D eigenvalue weighted by molar-refractivity contribution is 0.0443. The van der Waals surface area contributed by atoms with E-state index in [0.29, 0.717) is 17.9 Å². The first kappa shape index (κ1) is 15.8. The van der Waals surface area contributed by atoms with Crippen LogP contribution in [0.25, 0.3) is 0 Å². The maximum atomic E-state index is 12.0. The summed E-state index contributed by atoms with van der Waals surface area (Å²) >= 11 is 0. The molecule has 5 nitrogen and oxygen atoms in total. The largest absolute Gasteiger partial charge is 0.494 e. The second-order valence-electron chi connectivity index (χ2n) is 4.82. The molecular formula is C17H19NO4. The van der Waals surface area contributed by atoms with Crippen LogP contribution >= 0.6 is 0 Å². The number of aromatic nitrogens is 1. The number of nitrogens with zero attached hydrogens (tertiary/aromatic N) is 1.